The normalized spacial score (nSPS) is 16.3. The number of rotatable bonds is 7. The predicted molar refractivity (Wildman–Crippen MR) is 120 cm³/mol. The molecule has 0 bridgehead atoms. The van der Waals surface area contributed by atoms with Crippen molar-refractivity contribution in [3.8, 4) is 5.75 Å². The summed E-state index contributed by atoms with van der Waals surface area (Å²) < 4.78 is 6.40. The number of nitrogens with one attached hydrogen (secondary N) is 1. The van der Waals surface area contributed by atoms with E-state index >= 15 is 0 Å². The smallest absolute Gasteiger partial charge is 0.265 e. The van der Waals surface area contributed by atoms with Crippen LogP contribution < -0.4 is 20.7 Å². The van der Waals surface area contributed by atoms with Crippen LogP contribution in [0.2, 0.25) is 0 Å². The van der Waals surface area contributed by atoms with Gasteiger partial charge in [0, 0.05) is 21.3 Å². The fourth-order valence-corrected chi connectivity index (χ4v) is 4.28. The third-order valence-corrected chi connectivity index (χ3v) is 6.16. The summed E-state index contributed by atoms with van der Waals surface area (Å²) in [5, 5.41) is 2.91. The lowest BCUT2D eigenvalue weighted by Gasteiger charge is -2.30. The zero-order valence-corrected chi connectivity index (χ0v) is 18.7. The van der Waals surface area contributed by atoms with Gasteiger partial charge in [-0.25, -0.2) is 0 Å². The van der Waals surface area contributed by atoms with E-state index in [1.54, 1.807) is 11.0 Å². The molecule has 156 valence electrons. The number of halogens is 1. The van der Waals surface area contributed by atoms with Crippen LogP contribution in [0.5, 0.6) is 5.75 Å². The first-order valence-electron chi connectivity index (χ1n) is 10.0. The molecule has 0 spiro atoms. The van der Waals surface area contributed by atoms with Crippen molar-refractivity contribution in [2.24, 2.45) is 5.73 Å². The van der Waals surface area contributed by atoms with Crippen molar-refractivity contribution in [3.63, 3.8) is 0 Å². The molecule has 0 fully saturated rings. The highest BCUT2D eigenvalue weighted by molar-refractivity contribution is 14.1. The fraction of sp³-hybridized carbons (Fsp3) is 0.476. The largest absolute Gasteiger partial charge is 0.482 e. The molecule has 7 nitrogen and oxygen atoms in total. The van der Waals surface area contributed by atoms with E-state index in [0.29, 0.717) is 47.7 Å². The highest BCUT2D eigenvalue weighted by atomic mass is 127. The minimum atomic E-state index is -0.531. The van der Waals surface area contributed by atoms with Gasteiger partial charge < -0.3 is 20.7 Å². The van der Waals surface area contributed by atoms with E-state index in [1.165, 1.54) is 0 Å². The predicted octanol–water partition coefficient (Wildman–Crippen LogP) is 3.50. The fourth-order valence-electron chi connectivity index (χ4n) is 3.71. The second kappa shape index (κ2) is 9.60. The van der Waals surface area contributed by atoms with Crippen LogP contribution in [-0.4, -0.2) is 30.9 Å². The molecule has 1 aliphatic heterocycles. The molecule has 0 unspecified atom stereocenters. The van der Waals surface area contributed by atoms with E-state index < -0.39 is 5.91 Å². The molecule has 29 heavy (non-hydrogen) atoms. The number of carbonyl (C=O) groups is 3. The van der Waals surface area contributed by atoms with Gasteiger partial charge in [0.15, 0.2) is 6.61 Å². The van der Waals surface area contributed by atoms with Gasteiger partial charge in [-0.3, -0.25) is 14.4 Å². The third kappa shape index (κ3) is 4.91. The number of fused-ring (bicyclic) bond motifs is 1. The minimum absolute atomic E-state index is 0.0236. The molecule has 8 heteroatoms. The number of nitrogens with zero attached hydrogens (tertiary/aromatic N) is 1. The van der Waals surface area contributed by atoms with Gasteiger partial charge in [-0.1, -0.05) is 19.8 Å². The Morgan fingerprint density at radius 3 is 2.62 bits per heavy atom. The van der Waals surface area contributed by atoms with Crippen molar-refractivity contribution < 1.29 is 19.1 Å². The van der Waals surface area contributed by atoms with Gasteiger partial charge in [-0.15, -0.1) is 0 Å². The summed E-state index contributed by atoms with van der Waals surface area (Å²) in [6.07, 6.45) is 5.80. The molecule has 3 amide bonds. The van der Waals surface area contributed by atoms with Gasteiger partial charge in [-0.2, -0.15) is 0 Å². The Morgan fingerprint density at radius 1 is 1.21 bits per heavy atom. The molecule has 0 aromatic heterocycles. The Morgan fingerprint density at radius 2 is 1.93 bits per heavy atom. The highest BCUT2D eigenvalue weighted by Gasteiger charge is 2.28. The van der Waals surface area contributed by atoms with Gasteiger partial charge >= 0.3 is 0 Å². The van der Waals surface area contributed by atoms with Crippen molar-refractivity contribution in [2.45, 2.75) is 51.9 Å². The summed E-state index contributed by atoms with van der Waals surface area (Å²) >= 11 is 2.13. The molecule has 0 atom stereocenters. The van der Waals surface area contributed by atoms with Crippen LogP contribution in [0.1, 0.15) is 51.9 Å². The number of benzene rings is 1. The summed E-state index contributed by atoms with van der Waals surface area (Å²) in [6.45, 7) is 2.76. The molecule has 1 aliphatic carbocycles. The Bertz CT molecular complexity index is 866. The average Bonchev–Trinajstić information content (AvgIpc) is 2.70. The molecule has 1 aromatic carbocycles. The van der Waals surface area contributed by atoms with Crippen molar-refractivity contribution in [3.05, 3.63) is 26.8 Å². The number of primary amides is 1. The van der Waals surface area contributed by atoms with Crippen LogP contribution in [0.3, 0.4) is 0 Å². The van der Waals surface area contributed by atoms with E-state index in [9.17, 15) is 14.4 Å². The van der Waals surface area contributed by atoms with Gasteiger partial charge in [0.05, 0.1) is 11.4 Å². The standard InChI is InChI=1S/C21H26IN3O4/c1-2-3-6-9-25-17-11-16(15(22)10-18(17)29-12-19(25)26)24-21(28)14-8-5-4-7-13(14)20(23)27/h10-11H,2-9,12H2,1H3,(H2,23,27)(H,24,28). The first kappa shape index (κ1) is 21.6. The number of hydrogen-bond acceptors (Lipinski definition) is 4. The topological polar surface area (TPSA) is 102 Å². The van der Waals surface area contributed by atoms with Crippen LogP contribution in [-0.2, 0) is 14.4 Å². The van der Waals surface area contributed by atoms with Gasteiger partial charge in [-0.05, 0) is 66.8 Å². The summed E-state index contributed by atoms with van der Waals surface area (Å²) in [5.41, 5.74) is 7.60. The highest BCUT2D eigenvalue weighted by Crippen LogP contribution is 2.38. The molecule has 2 aliphatic rings. The number of ether oxygens (including phenoxy) is 1. The van der Waals surface area contributed by atoms with E-state index in [2.05, 4.69) is 34.8 Å². The van der Waals surface area contributed by atoms with Crippen molar-refractivity contribution in [2.75, 3.05) is 23.4 Å². The second-order valence-corrected chi connectivity index (χ2v) is 8.49. The Kier molecular flexibility index (Phi) is 7.15. The van der Waals surface area contributed by atoms with Crippen molar-refractivity contribution >= 4 is 51.7 Å². The van der Waals surface area contributed by atoms with Gasteiger partial charge in [0.1, 0.15) is 5.75 Å². The molecule has 1 aromatic rings. The maximum Gasteiger partial charge on any atom is 0.265 e. The maximum atomic E-state index is 12.9. The van der Waals surface area contributed by atoms with Crippen molar-refractivity contribution in [1.29, 1.82) is 0 Å². The van der Waals surface area contributed by atoms with Crippen LogP contribution in [0.15, 0.2) is 23.3 Å². The number of nitrogens with two attached hydrogens (primary N) is 1. The lowest BCUT2D eigenvalue weighted by Crippen LogP contribution is -2.39. The third-order valence-electron chi connectivity index (χ3n) is 5.26. The summed E-state index contributed by atoms with van der Waals surface area (Å²) in [6, 6.07) is 3.61. The number of anilines is 2. The average molecular weight is 511 g/mol. The molecule has 3 rings (SSSR count). The van der Waals surface area contributed by atoms with Gasteiger partial charge in [0.2, 0.25) is 5.91 Å². The van der Waals surface area contributed by atoms with E-state index in [-0.39, 0.29) is 18.4 Å². The monoisotopic (exact) mass is 511 g/mol. The summed E-state index contributed by atoms with van der Waals surface area (Å²) in [7, 11) is 0. The van der Waals surface area contributed by atoms with Gasteiger partial charge in [0.25, 0.3) is 11.8 Å². The zero-order valence-electron chi connectivity index (χ0n) is 16.6. The number of unbranched alkanes of at least 4 members (excludes halogenated alkanes) is 2. The molecule has 0 saturated heterocycles. The molecular formula is C21H26IN3O4. The lowest BCUT2D eigenvalue weighted by molar-refractivity contribution is -0.121. The van der Waals surface area contributed by atoms with Crippen LogP contribution in [0.4, 0.5) is 11.4 Å². The summed E-state index contributed by atoms with van der Waals surface area (Å²) in [4.78, 5) is 38.7. The zero-order chi connectivity index (χ0) is 21.0. The van der Waals surface area contributed by atoms with E-state index in [0.717, 1.165) is 35.7 Å². The maximum absolute atomic E-state index is 12.9. The quantitative estimate of drug-likeness (QED) is 0.432. The van der Waals surface area contributed by atoms with Crippen LogP contribution in [0, 0.1) is 3.57 Å². The number of hydrogen-bond donors (Lipinski definition) is 2. The molecule has 0 saturated carbocycles. The van der Waals surface area contributed by atoms with Crippen LogP contribution in [0.25, 0.3) is 0 Å². The molecule has 3 N–H and O–H groups in total. The van der Waals surface area contributed by atoms with E-state index in [1.807, 2.05) is 6.07 Å². The minimum Gasteiger partial charge on any atom is -0.482 e. The Balaban J connectivity index is 1.88. The molecular weight excluding hydrogens is 485 g/mol. The van der Waals surface area contributed by atoms with Crippen LogP contribution >= 0.6 is 22.6 Å². The Labute approximate surface area is 184 Å². The lowest BCUT2D eigenvalue weighted by atomic mass is 9.90. The number of carbonyl (C=O) groups excluding carboxylic acids is 3. The molecule has 0 radical (unpaired) electrons. The first-order chi connectivity index (χ1) is 13.9. The summed E-state index contributed by atoms with van der Waals surface area (Å²) in [5.74, 6) is -0.288. The first-order valence-corrected chi connectivity index (χ1v) is 11.1. The SMILES string of the molecule is CCCCCN1C(=O)COc2cc(I)c(NC(=O)C3=C(C(N)=O)CCCC3)cc21. The molecule has 1 heterocycles. The number of amides is 3. The second-order valence-electron chi connectivity index (χ2n) is 7.32. The van der Waals surface area contributed by atoms with Crippen molar-refractivity contribution in [1.82, 2.24) is 0 Å². The van der Waals surface area contributed by atoms with E-state index in [4.69, 9.17) is 10.5 Å². The Hall–Kier alpha value is -2.10.